The summed E-state index contributed by atoms with van der Waals surface area (Å²) in [5.41, 5.74) is 0. The molecule has 0 aromatic rings. The Morgan fingerprint density at radius 2 is 2.20 bits per heavy atom. The van der Waals surface area contributed by atoms with E-state index in [0.717, 1.165) is 18.8 Å². The molecule has 0 radical (unpaired) electrons. The number of hydrogen-bond acceptors (Lipinski definition) is 2. The molecule has 3 unspecified atom stereocenters. The first-order valence-corrected chi connectivity index (χ1v) is 4.13. The summed E-state index contributed by atoms with van der Waals surface area (Å²) < 4.78 is 0. The van der Waals surface area contributed by atoms with Crippen molar-refractivity contribution >= 4 is 0 Å². The van der Waals surface area contributed by atoms with Crippen molar-refractivity contribution in [2.45, 2.75) is 38.3 Å². The standard InChI is InChI=1S/C8H17NO/c1-3-6-4-7(9-2)8(10)5-6/h6-10H,3-5H2,1-2H3. The molecule has 3 atom stereocenters. The summed E-state index contributed by atoms with van der Waals surface area (Å²) in [4.78, 5) is 0. The molecule has 2 N–H and O–H groups in total. The first-order chi connectivity index (χ1) is 4.77. The maximum absolute atomic E-state index is 9.43. The molecular formula is C8H17NO. The van der Waals surface area contributed by atoms with Crippen molar-refractivity contribution in [3.05, 3.63) is 0 Å². The lowest BCUT2D eigenvalue weighted by atomic mass is 10.1. The average molecular weight is 143 g/mol. The van der Waals surface area contributed by atoms with E-state index in [9.17, 15) is 5.11 Å². The Morgan fingerprint density at radius 3 is 2.50 bits per heavy atom. The van der Waals surface area contributed by atoms with Gasteiger partial charge in [-0.2, -0.15) is 0 Å². The van der Waals surface area contributed by atoms with Crippen LogP contribution in [0.5, 0.6) is 0 Å². The SMILES string of the molecule is CCC1CC(O)C(NC)C1. The maximum atomic E-state index is 9.43. The minimum absolute atomic E-state index is 0.102. The van der Waals surface area contributed by atoms with Crippen LogP contribution in [0.4, 0.5) is 0 Å². The quantitative estimate of drug-likeness (QED) is 0.598. The molecule has 0 aliphatic heterocycles. The molecule has 10 heavy (non-hydrogen) atoms. The number of hydrogen-bond donors (Lipinski definition) is 2. The third kappa shape index (κ3) is 1.50. The fourth-order valence-corrected chi connectivity index (χ4v) is 1.76. The summed E-state index contributed by atoms with van der Waals surface area (Å²) >= 11 is 0. The lowest BCUT2D eigenvalue weighted by Crippen LogP contribution is -2.32. The van der Waals surface area contributed by atoms with E-state index in [1.807, 2.05) is 7.05 Å². The van der Waals surface area contributed by atoms with Crippen LogP contribution >= 0.6 is 0 Å². The fourth-order valence-electron chi connectivity index (χ4n) is 1.76. The zero-order valence-electron chi connectivity index (χ0n) is 6.80. The normalized spacial score (nSPS) is 40.5. The summed E-state index contributed by atoms with van der Waals surface area (Å²) in [5, 5.41) is 12.6. The van der Waals surface area contributed by atoms with Crippen molar-refractivity contribution in [2.75, 3.05) is 7.05 Å². The summed E-state index contributed by atoms with van der Waals surface area (Å²) in [7, 11) is 1.92. The summed E-state index contributed by atoms with van der Waals surface area (Å²) in [6, 6.07) is 0.352. The zero-order chi connectivity index (χ0) is 7.56. The predicted octanol–water partition coefficient (Wildman–Crippen LogP) is 0.755. The van der Waals surface area contributed by atoms with Crippen LogP contribution < -0.4 is 5.32 Å². The highest BCUT2D eigenvalue weighted by Gasteiger charge is 2.30. The second-order valence-corrected chi connectivity index (χ2v) is 3.21. The molecule has 1 aliphatic carbocycles. The Bertz CT molecular complexity index is 105. The van der Waals surface area contributed by atoms with Crippen molar-refractivity contribution in [3.63, 3.8) is 0 Å². The Labute approximate surface area is 62.6 Å². The highest BCUT2D eigenvalue weighted by Crippen LogP contribution is 2.27. The monoisotopic (exact) mass is 143 g/mol. The van der Waals surface area contributed by atoms with Gasteiger partial charge in [0.05, 0.1) is 6.10 Å². The smallest absolute Gasteiger partial charge is 0.0695 e. The Kier molecular flexibility index (Phi) is 2.69. The van der Waals surface area contributed by atoms with Gasteiger partial charge in [-0.25, -0.2) is 0 Å². The van der Waals surface area contributed by atoms with Gasteiger partial charge in [-0.3, -0.25) is 0 Å². The fraction of sp³-hybridized carbons (Fsp3) is 1.00. The number of rotatable bonds is 2. The van der Waals surface area contributed by atoms with Crippen LogP contribution in [0.15, 0.2) is 0 Å². The highest BCUT2D eigenvalue weighted by atomic mass is 16.3. The summed E-state index contributed by atoms with van der Waals surface area (Å²) in [5.74, 6) is 0.743. The van der Waals surface area contributed by atoms with E-state index in [2.05, 4.69) is 12.2 Å². The van der Waals surface area contributed by atoms with E-state index in [1.165, 1.54) is 6.42 Å². The van der Waals surface area contributed by atoms with Crippen molar-refractivity contribution in [1.29, 1.82) is 0 Å². The highest BCUT2D eigenvalue weighted by molar-refractivity contribution is 4.86. The molecule has 0 spiro atoms. The molecule has 0 saturated heterocycles. The van der Waals surface area contributed by atoms with E-state index >= 15 is 0 Å². The Balaban J connectivity index is 2.36. The number of nitrogens with one attached hydrogen (secondary N) is 1. The first-order valence-electron chi connectivity index (χ1n) is 4.13. The molecule has 1 aliphatic rings. The number of aliphatic hydroxyl groups excluding tert-OH is 1. The zero-order valence-corrected chi connectivity index (χ0v) is 6.80. The van der Waals surface area contributed by atoms with Gasteiger partial charge in [-0.1, -0.05) is 13.3 Å². The number of aliphatic hydroxyl groups is 1. The second-order valence-electron chi connectivity index (χ2n) is 3.21. The molecule has 1 rings (SSSR count). The summed E-state index contributed by atoms with van der Waals surface area (Å²) in [6.45, 7) is 2.19. The van der Waals surface area contributed by atoms with Crippen LogP contribution in [0, 0.1) is 5.92 Å². The van der Waals surface area contributed by atoms with Crippen molar-refractivity contribution in [1.82, 2.24) is 5.32 Å². The van der Waals surface area contributed by atoms with Crippen LogP contribution in [0.3, 0.4) is 0 Å². The van der Waals surface area contributed by atoms with Gasteiger partial charge < -0.3 is 10.4 Å². The molecule has 0 aromatic heterocycles. The van der Waals surface area contributed by atoms with E-state index in [-0.39, 0.29) is 6.10 Å². The average Bonchev–Trinajstić information content (AvgIpc) is 2.30. The minimum Gasteiger partial charge on any atom is -0.391 e. The van der Waals surface area contributed by atoms with Crippen LogP contribution in [-0.2, 0) is 0 Å². The van der Waals surface area contributed by atoms with Crippen LogP contribution in [0.25, 0.3) is 0 Å². The molecule has 0 heterocycles. The lowest BCUT2D eigenvalue weighted by Gasteiger charge is -2.11. The maximum Gasteiger partial charge on any atom is 0.0695 e. The largest absolute Gasteiger partial charge is 0.391 e. The predicted molar refractivity (Wildman–Crippen MR) is 41.9 cm³/mol. The third-order valence-corrected chi connectivity index (χ3v) is 2.57. The molecule has 2 heteroatoms. The molecule has 1 fully saturated rings. The Morgan fingerprint density at radius 1 is 1.50 bits per heavy atom. The topological polar surface area (TPSA) is 32.3 Å². The van der Waals surface area contributed by atoms with Gasteiger partial charge in [0.15, 0.2) is 0 Å². The third-order valence-electron chi connectivity index (χ3n) is 2.57. The van der Waals surface area contributed by atoms with Gasteiger partial charge in [0.2, 0.25) is 0 Å². The Hall–Kier alpha value is -0.0800. The molecule has 0 bridgehead atoms. The van der Waals surface area contributed by atoms with E-state index in [0.29, 0.717) is 6.04 Å². The van der Waals surface area contributed by atoms with Crippen molar-refractivity contribution in [2.24, 2.45) is 5.92 Å². The van der Waals surface area contributed by atoms with Gasteiger partial charge in [-0.15, -0.1) is 0 Å². The second kappa shape index (κ2) is 3.35. The van der Waals surface area contributed by atoms with Gasteiger partial charge in [-0.05, 0) is 25.8 Å². The van der Waals surface area contributed by atoms with E-state index in [4.69, 9.17) is 0 Å². The first kappa shape index (κ1) is 8.02. The van der Waals surface area contributed by atoms with Crippen LogP contribution in [0.2, 0.25) is 0 Å². The molecule has 0 aromatic carbocycles. The number of likely N-dealkylation sites (N-methyl/N-ethyl adjacent to an activating group) is 1. The van der Waals surface area contributed by atoms with E-state index < -0.39 is 0 Å². The molecule has 2 nitrogen and oxygen atoms in total. The van der Waals surface area contributed by atoms with E-state index in [1.54, 1.807) is 0 Å². The van der Waals surface area contributed by atoms with Crippen molar-refractivity contribution in [3.8, 4) is 0 Å². The molecule has 60 valence electrons. The van der Waals surface area contributed by atoms with Gasteiger partial charge in [0, 0.05) is 6.04 Å². The minimum atomic E-state index is -0.102. The molecule has 0 amide bonds. The lowest BCUT2D eigenvalue weighted by molar-refractivity contribution is 0.150. The molecule has 1 saturated carbocycles. The summed E-state index contributed by atoms with van der Waals surface area (Å²) in [6.07, 6.45) is 3.24. The van der Waals surface area contributed by atoms with Crippen molar-refractivity contribution < 1.29 is 5.11 Å². The van der Waals surface area contributed by atoms with Gasteiger partial charge >= 0.3 is 0 Å². The van der Waals surface area contributed by atoms with Crippen LogP contribution in [0.1, 0.15) is 26.2 Å². The molecular weight excluding hydrogens is 126 g/mol. The van der Waals surface area contributed by atoms with Gasteiger partial charge in [0.25, 0.3) is 0 Å². The van der Waals surface area contributed by atoms with Gasteiger partial charge in [0.1, 0.15) is 0 Å². The van der Waals surface area contributed by atoms with Crippen LogP contribution in [-0.4, -0.2) is 24.3 Å².